The summed E-state index contributed by atoms with van der Waals surface area (Å²) >= 11 is 7.30. The fraction of sp³-hybridized carbons (Fsp3) is 0.250. The molecule has 106 valence electrons. The average molecular weight is 313 g/mol. The number of nitrogens with one attached hydrogen (secondary N) is 2. The van der Waals surface area contributed by atoms with E-state index in [0.717, 1.165) is 9.21 Å². The molecule has 2 N–H and O–H groups in total. The molecule has 0 spiro atoms. The van der Waals surface area contributed by atoms with Crippen molar-refractivity contribution in [3.63, 3.8) is 0 Å². The summed E-state index contributed by atoms with van der Waals surface area (Å²) in [5, 5.41) is 0. The van der Waals surface area contributed by atoms with Gasteiger partial charge in [0.15, 0.2) is 0 Å². The van der Waals surface area contributed by atoms with Crippen LogP contribution >= 0.6 is 22.9 Å². The molecule has 0 saturated carbocycles. The van der Waals surface area contributed by atoms with E-state index in [9.17, 15) is 4.79 Å². The molecule has 0 saturated heterocycles. The van der Waals surface area contributed by atoms with Crippen molar-refractivity contribution < 1.29 is 9.53 Å². The third kappa shape index (κ3) is 4.36. The molecule has 0 aliphatic heterocycles. The Morgan fingerprint density at radius 3 is 3.00 bits per heavy atom. The first-order valence-electron chi connectivity index (χ1n) is 5.83. The average Bonchev–Trinajstić information content (AvgIpc) is 2.89. The summed E-state index contributed by atoms with van der Waals surface area (Å²) in [5.41, 5.74) is 5.17. The zero-order valence-corrected chi connectivity index (χ0v) is 12.3. The summed E-state index contributed by atoms with van der Waals surface area (Å²) in [7, 11) is 1.51. The molecular weight excluding hydrogens is 300 g/mol. The molecule has 0 bridgehead atoms. The number of aryl methyl sites for hydroxylation is 1. The lowest BCUT2D eigenvalue weighted by atomic mass is 10.2. The van der Waals surface area contributed by atoms with E-state index in [0.29, 0.717) is 18.7 Å². The SMILES string of the molecule is COc1ccnc(NNC(=O)CCc2ccc(Cl)s2)n1. The standard InChI is InChI=1S/C12H13ClN4O2S/c1-19-11-6-7-14-12(15-11)17-16-10(18)5-3-8-2-4-9(13)20-8/h2,4,6-7H,3,5H2,1H3,(H,16,18)(H,14,15,17). The molecule has 2 rings (SSSR count). The van der Waals surface area contributed by atoms with Crippen molar-refractivity contribution in [2.24, 2.45) is 0 Å². The number of carbonyl (C=O) groups is 1. The van der Waals surface area contributed by atoms with Crippen molar-refractivity contribution >= 4 is 34.8 Å². The Morgan fingerprint density at radius 2 is 2.30 bits per heavy atom. The number of anilines is 1. The number of hydrazine groups is 1. The molecule has 8 heteroatoms. The van der Waals surface area contributed by atoms with E-state index >= 15 is 0 Å². The predicted molar refractivity (Wildman–Crippen MR) is 78.0 cm³/mol. The number of amides is 1. The van der Waals surface area contributed by atoms with E-state index < -0.39 is 0 Å². The van der Waals surface area contributed by atoms with Crippen molar-refractivity contribution in [1.29, 1.82) is 0 Å². The van der Waals surface area contributed by atoms with Crippen LogP contribution in [0.3, 0.4) is 0 Å². The monoisotopic (exact) mass is 312 g/mol. The molecule has 2 aromatic rings. The van der Waals surface area contributed by atoms with Gasteiger partial charge in [-0.25, -0.2) is 4.98 Å². The van der Waals surface area contributed by atoms with Gasteiger partial charge in [-0.05, 0) is 18.6 Å². The van der Waals surface area contributed by atoms with Crippen LogP contribution in [0.2, 0.25) is 4.34 Å². The number of thiophene rings is 1. The first-order valence-corrected chi connectivity index (χ1v) is 7.03. The third-order valence-electron chi connectivity index (χ3n) is 2.38. The molecule has 0 fully saturated rings. The minimum atomic E-state index is -0.152. The molecule has 2 heterocycles. The van der Waals surface area contributed by atoms with Crippen LogP contribution in [-0.2, 0) is 11.2 Å². The molecular formula is C12H13ClN4O2S. The molecule has 20 heavy (non-hydrogen) atoms. The second kappa shape index (κ2) is 7.06. The van der Waals surface area contributed by atoms with Crippen LogP contribution in [0.15, 0.2) is 24.4 Å². The first kappa shape index (κ1) is 14.5. The quantitative estimate of drug-likeness (QED) is 0.800. The minimum Gasteiger partial charge on any atom is -0.481 e. The van der Waals surface area contributed by atoms with Crippen LogP contribution in [0.5, 0.6) is 5.88 Å². The molecule has 0 unspecified atom stereocenters. The van der Waals surface area contributed by atoms with Gasteiger partial charge in [-0.15, -0.1) is 11.3 Å². The molecule has 0 atom stereocenters. The van der Waals surface area contributed by atoms with Crippen molar-refractivity contribution in [2.45, 2.75) is 12.8 Å². The Kier molecular flexibility index (Phi) is 5.14. The highest BCUT2D eigenvalue weighted by molar-refractivity contribution is 7.16. The lowest BCUT2D eigenvalue weighted by molar-refractivity contribution is -0.120. The summed E-state index contributed by atoms with van der Waals surface area (Å²) in [6.45, 7) is 0. The summed E-state index contributed by atoms with van der Waals surface area (Å²) in [4.78, 5) is 20.7. The van der Waals surface area contributed by atoms with Crippen LogP contribution in [-0.4, -0.2) is 23.0 Å². The van der Waals surface area contributed by atoms with Crippen LogP contribution < -0.4 is 15.6 Å². The first-order chi connectivity index (χ1) is 9.67. The fourth-order valence-electron chi connectivity index (χ4n) is 1.43. The fourth-order valence-corrected chi connectivity index (χ4v) is 2.51. The summed E-state index contributed by atoms with van der Waals surface area (Å²) in [6.07, 6.45) is 2.53. The summed E-state index contributed by atoms with van der Waals surface area (Å²) in [5.74, 6) is 0.544. The number of hydrogen-bond donors (Lipinski definition) is 2. The third-order valence-corrected chi connectivity index (χ3v) is 3.67. The largest absolute Gasteiger partial charge is 0.481 e. The highest BCUT2D eigenvalue weighted by Gasteiger charge is 2.05. The van der Waals surface area contributed by atoms with Crippen molar-refractivity contribution in [2.75, 3.05) is 12.5 Å². The van der Waals surface area contributed by atoms with Gasteiger partial charge in [-0.3, -0.25) is 15.6 Å². The Labute approximate surface area is 125 Å². The van der Waals surface area contributed by atoms with E-state index in [1.165, 1.54) is 24.6 Å². The maximum absolute atomic E-state index is 11.7. The number of aromatic nitrogens is 2. The lowest BCUT2D eigenvalue weighted by Crippen LogP contribution is -2.30. The number of carbonyl (C=O) groups excluding carboxylic acids is 1. The zero-order chi connectivity index (χ0) is 14.4. The Hall–Kier alpha value is -1.86. The van der Waals surface area contributed by atoms with Crippen molar-refractivity contribution in [1.82, 2.24) is 15.4 Å². The van der Waals surface area contributed by atoms with E-state index in [2.05, 4.69) is 20.8 Å². The Bertz CT molecular complexity index is 590. The second-order valence-corrected chi connectivity index (χ2v) is 5.60. The van der Waals surface area contributed by atoms with Gasteiger partial charge < -0.3 is 4.74 Å². The minimum absolute atomic E-state index is 0.152. The molecule has 0 radical (unpaired) electrons. The molecule has 0 aliphatic rings. The van der Waals surface area contributed by atoms with Gasteiger partial charge >= 0.3 is 0 Å². The van der Waals surface area contributed by atoms with E-state index in [4.69, 9.17) is 16.3 Å². The van der Waals surface area contributed by atoms with Crippen LogP contribution in [0.1, 0.15) is 11.3 Å². The zero-order valence-electron chi connectivity index (χ0n) is 10.7. The van der Waals surface area contributed by atoms with Gasteiger partial charge in [0.25, 0.3) is 0 Å². The molecule has 1 amide bonds. The highest BCUT2D eigenvalue weighted by atomic mass is 35.5. The molecule has 2 aromatic heterocycles. The lowest BCUT2D eigenvalue weighted by Gasteiger charge is -2.07. The van der Waals surface area contributed by atoms with Crippen LogP contribution in [0.25, 0.3) is 0 Å². The number of hydrogen-bond acceptors (Lipinski definition) is 6. The Balaban J connectivity index is 1.77. The van der Waals surface area contributed by atoms with Crippen LogP contribution in [0.4, 0.5) is 5.95 Å². The van der Waals surface area contributed by atoms with Gasteiger partial charge in [-0.2, -0.15) is 4.98 Å². The number of methoxy groups -OCH3 is 1. The highest BCUT2D eigenvalue weighted by Crippen LogP contribution is 2.22. The predicted octanol–water partition coefficient (Wildman–Crippen LogP) is 2.28. The smallest absolute Gasteiger partial charge is 0.245 e. The summed E-state index contributed by atoms with van der Waals surface area (Å²) < 4.78 is 5.68. The van der Waals surface area contributed by atoms with Gasteiger partial charge in [0.1, 0.15) is 0 Å². The molecule has 6 nitrogen and oxygen atoms in total. The van der Waals surface area contributed by atoms with Crippen molar-refractivity contribution in [3.8, 4) is 5.88 Å². The Morgan fingerprint density at radius 1 is 1.45 bits per heavy atom. The maximum Gasteiger partial charge on any atom is 0.245 e. The number of nitrogens with zero attached hydrogens (tertiary/aromatic N) is 2. The van der Waals surface area contributed by atoms with Gasteiger partial charge in [-0.1, -0.05) is 11.6 Å². The summed E-state index contributed by atoms with van der Waals surface area (Å²) in [6, 6.07) is 5.36. The van der Waals surface area contributed by atoms with E-state index in [-0.39, 0.29) is 11.9 Å². The van der Waals surface area contributed by atoms with Gasteiger partial charge in [0.05, 0.1) is 11.4 Å². The normalized spacial score (nSPS) is 10.1. The topological polar surface area (TPSA) is 76.1 Å². The van der Waals surface area contributed by atoms with E-state index in [1.54, 1.807) is 6.07 Å². The van der Waals surface area contributed by atoms with Crippen molar-refractivity contribution in [3.05, 3.63) is 33.6 Å². The number of ether oxygens (including phenoxy) is 1. The molecule has 0 aliphatic carbocycles. The van der Waals surface area contributed by atoms with Gasteiger partial charge in [0, 0.05) is 23.6 Å². The number of halogens is 1. The molecule has 0 aromatic carbocycles. The van der Waals surface area contributed by atoms with Crippen LogP contribution in [0, 0.1) is 0 Å². The number of rotatable bonds is 6. The van der Waals surface area contributed by atoms with E-state index in [1.807, 2.05) is 12.1 Å². The van der Waals surface area contributed by atoms with Gasteiger partial charge in [0.2, 0.25) is 17.7 Å². The maximum atomic E-state index is 11.7. The second-order valence-electron chi connectivity index (χ2n) is 3.80.